The highest BCUT2D eigenvalue weighted by Gasteiger charge is 2.27. The van der Waals surface area contributed by atoms with E-state index in [9.17, 15) is 8.42 Å². The molecule has 1 aromatic rings. The minimum Gasteiger partial charge on any atom is -0.207 e. The zero-order valence-corrected chi connectivity index (χ0v) is 18.0. The number of sulfonamides is 1. The fraction of sp³-hybridized carbons (Fsp3) is 0.636. The third-order valence-electron chi connectivity index (χ3n) is 5.22. The number of hydrogen-bond acceptors (Lipinski definition) is 2. The van der Waals surface area contributed by atoms with Crippen LogP contribution in [0.5, 0.6) is 0 Å². The van der Waals surface area contributed by atoms with Gasteiger partial charge < -0.3 is 0 Å². The maximum absolute atomic E-state index is 13.3. The molecule has 0 amide bonds. The van der Waals surface area contributed by atoms with E-state index >= 15 is 0 Å². The Bertz CT molecular complexity index is 729. The van der Waals surface area contributed by atoms with E-state index < -0.39 is 10.0 Å². The van der Waals surface area contributed by atoms with E-state index in [-0.39, 0.29) is 11.8 Å². The normalized spacial score (nSPS) is 15.8. The Balaban J connectivity index is 2.48. The van der Waals surface area contributed by atoms with Crippen molar-refractivity contribution < 1.29 is 8.42 Å². The Kier molecular flexibility index (Phi) is 7.09. The summed E-state index contributed by atoms with van der Waals surface area (Å²) < 4.78 is 29.4. The highest BCUT2D eigenvalue weighted by atomic mass is 32.2. The largest absolute Gasteiger partial charge is 0.241 e. The molecule has 1 aromatic carbocycles. The van der Waals surface area contributed by atoms with Crippen molar-refractivity contribution in [1.82, 2.24) is 4.72 Å². The fourth-order valence-electron chi connectivity index (χ4n) is 3.52. The van der Waals surface area contributed by atoms with E-state index in [0.717, 1.165) is 30.4 Å². The summed E-state index contributed by atoms with van der Waals surface area (Å²) in [4.78, 5) is 0.503. The number of hydrogen-bond donors (Lipinski definition) is 1. The topological polar surface area (TPSA) is 46.2 Å². The predicted molar refractivity (Wildman–Crippen MR) is 110 cm³/mol. The molecule has 0 unspecified atom stereocenters. The molecular weight excluding hydrogens is 342 g/mol. The standard InChI is InChI=1S/C22H35NO2S/c1-15(2)19-12-20(16(3)4)22(21(13-19)17(5)6)26(24,25)23-14-18-10-8-7-9-11-18/h10,12-13,15-17,23H,7-9,11,14H2,1-6H3. The molecule has 0 aromatic heterocycles. The van der Waals surface area contributed by atoms with Crippen LogP contribution in [0.4, 0.5) is 0 Å². The summed E-state index contributed by atoms with van der Waals surface area (Å²) in [6, 6.07) is 4.19. The molecule has 26 heavy (non-hydrogen) atoms. The van der Waals surface area contributed by atoms with Gasteiger partial charge in [-0.3, -0.25) is 0 Å². The van der Waals surface area contributed by atoms with Crippen molar-refractivity contribution in [3.05, 3.63) is 40.5 Å². The van der Waals surface area contributed by atoms with Crippen LogP contribution in [0, 0.1) is 0 Å². The van der Waals surface area contributed by atoms with Crippen molar-refractivity contribution in [3.8, 4) is 0 Å². The molecule has 1 N–H and O–H groups in total. The molecule has 146 valence electrons. The van der Waals surface area contributed by atoms with Crippen LogP contribution in [-0.4, -0.2) is 15.0 Å². The first kappa shape index (κ1) is 21.2. The van der Waals surface area contributed by atoms with Crippen LogP contribution in [0.1, 0.15) is 102 Å². The van der Waals surface area contributed by atoms with Gasteiger partial charge in [0, 0.05) is 6.54 Å². The number of benzene rings is 1. The molecule has 0 aliphatic heterocycles. The molecule has 0 saturated heterocycles. The lowest BCUT2D eigenvalue weighted by atomic mass is 9.89. The van der Waals surface area contributed by atoms with Crippen LogP contribution in [0.2, 0.25) is 0 Å². The molecule has 1 aliphatic carbocycles. The Morgan fingerprint density at radius 1 is 0.923 bits per heavy atom. The zero-order chi connectivity index (χ0) is 19.5. The molecule has 0 fully saturated rings. The van der Waals surface area contributed by atoms with Crippen LogP contribution in [0.3, 0.4) is 0 Å². The quantitative estimate of drug-likeness (QED) is 0.607. The first-order chi connectivity index (χ1) is 12.1. The summed E-state index contributed by atoms with van der Waals surface area (Å²) in [5.74, 6) is 0.695. The molecule has 4 heteroatoms. The second-order valence-electron chi connectivity index (χ2n) is 8.43. The Hall–Kier alpha value is -1.13. The summed E-state index contributed by atoms with van der Waals surface area (Å²) >= 11 is 0. The van der Waals surface area contributed by atoms with Gasteiger partial charge in [-0.05, 0) is 60.1 Å². The van der Waals surface area contributed by atoms with Crippen LogP contribution in [0.25, 0.3) is 0 Å². The molecule has 0 spiro atoms. The summed E-state index contributed by atoms with van der Waals surface area (Å²) in [5, 5.41) is 0. The molecule has 2 rings (SSSR count). The molecule has 0 atom stereocenters. The fourth-order valence-corrected chi connectivity index (χ4v) is 5.25. The number of allylic oxidation sites excluding steroid dienone is 1. The lowest BCUT2D eigenvalue weighted by Crippen LogP contribution is -2.29. The molecule has 3 nitrogen and oxygen atoms in total. The van der Waals surface area contributed by atoms with Gasteiger partial charge in [-0.25, -0.2) is 13.1 Å². The lowest BCUT2D eigenvalue weighted by molar-refractivity contribution is 0.576. The molecular formula is C22H35NO2S. The van der Waals surface area contributed by atoms with E-state index in [0.29, 0.717) is 17.4 Å². The van der Waals surface area contributed by atoms with Gasteiger partial charge in [-0.15, -0.1) is 0 Å². The average molecular weight is 378 g/mol. The van der Waals surface area contributed by atoms with E-state index in [4.69, 9.17) is 0 Å². The number of rotatable bonds is 7. The first-order valence-corrected chi connectivity index (χ1v) is 11.5. The van der Waals surface area contributed by atoms with E-state index in [1.165, 1.54) is 17.6 Å². The van der Waals surface area contributed by atoms with Crippen LogP contribution in [0.15, 0.2) is 28.7 Å². The summed E-state index contributed by atoms with van der Waals surface area (Å²) in [6.45, 7) is 13.1. The van der Waals surface area contributed by atoms with Gasteiger partial charge in [0.2, 0.25) is 10.0 Å². The van der Waals surface area contributed by atoms with Gasteiger partial charge in [-0.2, -0.15) is 0 Å². The highest BCUT2D eigenvalue weighted by Crippen LogP contribution is 2.35. The van der Waals surface area contributed by atoms with Crippen LogP contribution >= 0.6 is 0 Å². The summed E-state index contributed by atoms with van der Waals surface area (Å²) in [7, 11) is -3.54. The summed E-state index contributed by atoms with van der Waals surface area (Å²) in [6.07, 6.45) is 6.63. The monoisotopic (exact) mass is 377 g/mol. The van der Waals surface area contributed by atoms with Gasteiger partial charge in [-0.1, -0.05) is 65.3 Å². The van der Waals surface area contributed by atoms with Gasteiger partial charge >= 0.3 is 0 Å². The van der Waals surface area contributed by atoms with E-state index in [1.807, 2.05) is 0 Å². The van der Waals surface area contributed by atoms with Gasteiger partial charge in [0.05, 0.1) is 4.90 Å². The molecule has 1 aliphatic rings. The van der Waals surface area contributed by atoms with Crippen molar-refractivity contribution in [2.75, 3.05) is 6.54 Å². The summed E-state index contributed by atoms with van der Waals surface area (Å²) in [5.41, 5.74) is 4.30. The molecule has 0 heterocycles. The SMILES string of the molecule is CC(C)c1cc(C(C)C)c(S(=O)(=O)NCC2=CCCCC2)c(C(C)C)c1. The number of nitrogens with one attached hydrogen (secondary N) is 1. The Morgan fingerprint density at radius 2 is 1.50 bits per heavy atom. The second kappa shape index (κ2) is 8.71. The Labute approximate surface area is 160 Å². The van der Waals surface area contributed by atoms with Gasteiger partial charge in [0.25, 0.3) is 0 Å². The smallest absolute Gasteiger partial charge is 0.207 e. The van der Waals surface area contributed by atoms with Crippen molar-refractivity contribution in [2.45, 2.75) is 89.9 Å². The average Bonchev–Trinajstić information content (AvgIpc) is 2.59. The third kappa shape index (κ3) is 4.98. The van der Waals surface area contributed by atoms with Crippen molar-refractivity contribution in [1.29, 1.82) is 0 Å². The van der Waals surface area contributed by atoms with Crippen molar-refractivity contribution in [3.63, 3.8) is 0 Å². The van der Waals surface area contributed by atoms with Crippen LogP contribution in [-0.2, 0) is 10.0 Å². The van der Waals surface area contributed by atoms with Crippen molar-refractivity contribution in [2.24, 2.45) is 0 Å². The predicted octanol–water partition coefficient (Wildman–Crippen LogP) is 5.84. The highest BCUT2D eigenvalue weighted by molar-refractivity contribution is 7.89. The van der Waals surface area contributed by atoms with E-state index in [2.05, 4.69) is 64.5 Å². The third-order valence-corrected chi connectivity index (χ3v) is 6.76. The first-order valence-electron chi connectivity index (χ1n) is 9.98. The lowest BCUT2D eigenvalue weighted by Gasteiger charge is -2.23. The minimum absolute atomic E-state index is 0.159. The molecule has 0 bridgehead atoms. The maximum Gasteiger partial charge on any atom is 0.241 e. The second-order valence-corrected chi connectivity index (χ2v) is 10.1. The van der Waals surface area contributed by atoms with Crippen LogP contribution < -0.4 is 4.72 Å². The molecule has 0 radical (unpaired) electrons. The van der Waals surface area contributed by atoms with E-state index in [1.54, 1.807) is 0 Å². The maximum atomic E-state index is 13.3. The zero-order valence-electron chi connectivity index (χ0n) is 17.2. The van der Waals surface area contributed by atoms with Gasteiger partial charge in [0.1, 0.15) is 0 Å². The van der Waals surface area contributed by atoms with Crippen molar-refractivity contribution >= 4 is 10.0 Å². The van der Waals surface area contributed by atoms with Gasteiger partial charge in [0.15, 0.2) is 0 Å². The minimum atomic E-state index is -3.54. The molecule has 0 saturated carbocycles. The Morgan fingerprint density at radius 3 is 1.92 bits per heavy atom.